The Kier molecular flexibility index (Phi) is 3.18. The lowest BCUT2D eigenvalue weighted by atomic mass is 10.2. The Labute approximate surface area is 102 Å². The second kappa shape index (κ2) is 4.62. The molecule has 0 unspecified atom stereocenters. The molecule has 1 aromatic carbocycles. The van der Waals surface area contributed by atoms with E-state index in [0.29, 0.717) is 6.42 Å². The molecule has 0 saturated carbocycles. The lowest BCUT2D eigenvalue weighted by molar-refractivity contribution is -0.128. The zero-order chi connectivity index (χ0) is 12.4. The van der Waals surface area contributed by atoms with Crippen LogP contribution < -0.4 is 0 Å². The molecule has 0 bridgehead atoms. The molecule has 0 aliphatic rings. The minimum atomic E-state index is 0.166. The van der Waals surface area contributed by atoms with E-state index in [-0.39, 0.29) is 5.91 Å². The number of rotatable bonds is 3. The van der Waals surface area contributed by atoms with Gasteiger partial charge in [0.25, 0.3) is 0 Å². The first kappa shape index (κ1) is 11.7. The van der Waals surface area contributed by atoms with E-state index in [9.17, 15) is 4.79 Å². The number of fused-ring (bicyclic) bond motifs is 1. The number of benzene rings is 1. The molecule has 1 amide bonds. The highest BCUT2D eigenvalue weighted by Gasteiger charge is 2.06. The molecule has 0 atom stereocenters. The lowest BCUT2D eigenvalue weighted by Gasteiger charge is -2.11. The molecule has 17 heavy (non-hydrogen) atoms. The van der Waals surface area contributed by atoms with Crippen LogP contribution in [0.15, 0.2) is 30.5 Å². The first-order chi connectivity index (χ1) is 8.08. The Morgan fingerprint density at radius 2 is 2.06 bits per heavy atom. The number of hydrogen-bond donors (Lipinski definition) is 0. The topological polar surface area (TPSA) is 25.2 Å². The molecule has 0 radical (unpaired) electrons. The monoisotopic (exact) mass is 230 g/mol. The molecule has 0 spiro atoms. The predicted molar refractivity (Wildman–Crippen MR) is 70.0 cm³/mol. The van der Waals surface area contributed by atoms with Gasteiger partial charge in [-0.25, -0.2) is 0 Å². The molecular weight excluding hydrogens is 212 g/mol. The molecule has 2 aromatic rings. The summed E-state index contributed by atoms with van der Waals surface area (Å²) < 4.78 is 2.14. The second-order valence-electron chi connectivity index (χ2n) is 4.61. The number of carbonyl (C=O) groups is 1. The van der Waals surface area contributed by atoms with Crippen molar-refractivity contribution in [3.05, 3.63) is 36.0 Å². The molecule has 0 aliphatic carbocycles. The number of amides is 1. The van der Waals surface area contributed by atoms with Crippen LogP contribution in [0.25, 0.3) is 10.9 Å². The first-order valence-electron chi connectivity index (χ1n) is 5.83. The van der Waals surface area contributed by atoms with E-state index in [0.717, 1.165) is 6.54 Å². The van der Waals surface area contributed by atoms with Crippen LogP contribution >= 0.6 is 0 Å². The average molecular weight is 230 g/mol. The van der Waals surface area contributed by atoms with Gasteiger partial charge in [-0.05, 0) is 30.0 Å². The zero-order valence-electron chi connectivity index (χ0n) is 10.6. The van der Waals surface area contributed by atoms with Gasteiger partial charge in [-0.3, -0.25) is 4.79 Å². The van der Waals surface area contributed by atoms with E-state index >= 15 is 0 Å². The summed E-state index contributed by atoms with van der Waals surface area (Å²) in [6, 6.07) is 8.48. The van der Waals surface area contributed by atoms with E-state index in [2.05, 4.69) is 35.8 Å². The van der Waals surface area contributed by atoms with Crippen molar-refractivity contribution in [1.82, 2.24) is 9.47 Å². The van der Waals surface area contributed by atoms with Crippen LogP contribution in [-0.2, 0) is 11.3 Å². The number of aryl methyl sites for hydroxylation is 2. The van der Waals surface area contributed by atoms with Crippen molar-refractivity contribution in [1.29, 1.82) is 0 Å². The Hall–Kier alpha value is -1.77. The van der Waals surface area contributed by atoms with Crippen LogP contribution in [0.3, 0.4) is 0 Å². The summed E-state index contributed by atoms with van der Waals surface area (Å²) in [6.45, 7) is 2.83. The fourth-order valence-corrected chi connectivity index (χ4v) is 1.93. The van der Waals surface area contributed by atoms with Crippen molar-refractivity contribution in [2.24, 2.45) is 0 Å². The van der Waals surface area contributed by atoms with Crippen LogP contribution in [0.4, 0.5) is 0 Å². The van der Waals surface area contributed by atoms with E-state index in [1.165, 1.54) is 16.5 Å². The Morgan fingerprint density at radius 1 is 1.29 bits per heavy atom. The normalized spacial score (nSPS) is 10.8. The fourth-order valence-electron chi connectivity index (χ4n) is 1.93. The average Bonchev–Trinajstić information content (AvgIpc) is 2.68. The third-order valence-electron chi connectivity index (χ3n) is 2.99. The molecule has 2 rings (SSSR count). The van der Waals surface area contributed by atoms with Crippen molar-refractivity contribution in [3.63, 3.8) is 0 Å². The molecule has 3 nitrogen and oxygen atoms in total. The molecule has 0 N–H and O–H groups in total. The van der Waals surface area contributed by atoms with Crippen LogP contribution in [0.1, 0.15) is 12.0 Å². The molecule has 0 saturated heterocycles. The molecule has 1 heterocycles. The number of hydrogen-bond acceptors (Lipinski definition) is 1. The summed E-state index contributed by atoms with van der Waals surface area (Å²) in [5, 5.41) is 1.23. The van der Waals surface area contributed by atoms with Gasteiger partial charge in [0.15, 0.2) is 0 Å². The van der Waals surface area contributed by atoms with Gasteiger partial charge in [-0.15, -0.1) is 0 Å². The minimum absolute atomic E-state index is 0.166. The summed E-state index contributed by atoms with van der Waals surface area (Å²) in [6.07, 6.45) is 2.60. The largest absolute Gasteiger partial charge is 0.349 e. The highest BCUT2D eigenvalue weighted by molar-refractivity contribution is 5.81. The highest BCUT2D eigenvalue weighted by Crippen LogP contribution is 2.17. The summed E-state index contributed by atoms with van der Waals surface area (Å²) in [7, 11) is 3.58. The maximum absolute atomic E-state index is 11.6. The first-order valence-corrected chi connectivity index (χ1v) is 5.83. The minimum Gasteiger partial charge on any atom is -0.349 e. The maximum Gasteiger partial charge on any atom is 0.223 e. The van der Waals surface area contributed by atoms with Crippen molar-refractivity contribution in [3.8, 4) is 0 Å². The van der Waals surface area contributed by atoms with Crippen LogP contribution in [-0.4, -0.2) is 29.5 Å². The van der Waals surface area contributed by atoms with Gasteiger partial charge in [-0.1, -0.05) is 12.1 Å². The summed E-state index contributed by atoms with van der Waals surface area (Å²) >= 11 is 0. The van der Waals surface area contributed by atoms with Crippen LogP contribution in [0, 0.1) is 6.92 Å². The third-order valence-corrected chi connectivity index (χ3v) is 2.99. The predicted octanol–water partition coefficient (Wildman–Crippen LogP) is 2.43. The van der Waals surface area contributed by atoms with Gasteiger partial charge in [0.2, 0.25) is 5.91 Å². The highest BCUT2D eigenvalue weighted by atomic mass is 16.2. The number of carbonyl (C=O) groups excluding carboxylic acids is 1. The summed E-state index contributed by atoms with van der Waals surface area (Å²) in [4.78, 5) is 13.2. The van der Waals surface area contributed by atoms with Gasteiger partial charge in [-0.2, -0.15) is 0 Å². The Morgan fingerprint density at radius 3 is 2.76 bits per heavy atom. The number of nitrogens with zero attached hydrogens (tertiary/aromatic N) is 2. The fraction of sp³-hybridized carbons (Fsp3) is 0.357. The smallest absolute Gasteiger partial charge is 0.223 e. The van der Waals surface area contributed by atoms with E-state index < -0.39 is 0 Å². The number of aromatic nitrogens is 1. The van der Waals surface area contributed by atoms with Crippen molar-refractivity contribution >= 4 is 16.8 Å². The van der Waals surface area contributed by atoms with E-state index in [4.69, 9.17) is 0 Å². The lowest BCUT2D eigenvalue weighted by Crippen LogP contribution is -2.22. The Balaban J connectivity index is 2.19. The summed E-state index contributed by atoms with van der Waals surface area (Å²) in [5.41, 5.74) is 2.45. The molecular formula is C14H18N2O. The van der Waals surface area contributed by atoms with Gasteiger partial charge < -0.3 is 9.47 Å². The molecule has 0 aliphatic heterocycles. The molecule has 3 heteroatoms. The maximum atomic E-state index is 11.6. The second-order valence-corrected chi connectivity index (χ2v) is 4.61. The van der Waals surface area contributed by atoms with Gasteiger partial charge in [0, 0.05) is 38.8 Å². The third kappa shape index (κ3) is 2.49. The Bertz CT molecular complexity index is 540. The quantitative estimate of drug-likeness (QED) is 0.795. The van der Waals surface area contributed by atoms with E-state index in [1.807, 2.05) is 6.20 Å². The summed E-state index contributed by atoms with van der Waals surface area (Å²) in [5.74, 6) is 0.166. The molecule has 1 aromatic heterocycles. The van der Waals surface area contributed by atoms with E-state index in [1.54, 1.807) is 19.0 Å². The van der Waals surface area contributed by atoms with Crippen molar-refractivity contribution in [2.45, 2.75) is 19.9 Å². The molecule has 0 fully saturated rings. The molecule has 90 valence electrons. The van der Waals surface area contributed by atoms with Crippen molar-refractivity contribution in [2.75, 3.05) is 14.1 Å². The SMILES string of the molecule is Cc1ccc2ccn(CCC(=O)N(C)C)c2c1. The zero-order valence-corrected chi connectivity index (χ0v) is 10.6. The standard InChI is InChI=1S/C14H18N2O/c1-11-4-5-12-6-8-16(13(12)10-11)9-7-14(17)15(2)3/h4-6,8,10H,7,9H2,1-3H3. The van der Waals surface area contributed by atoms with Gasteiger partial charge in [0.05, 0.1) is 0 Å². The van der Waals surface area contributed by atoms with Crippen LogP contribution in [0.2, 0.25) is 0 Å². The van der Waals surface area contributed by atoms with Crippen LogP contribution in [0.5, 0.6) is 0 Å². The van der Waals surface area contributed by atoms with Gasteiger partial charge in [0.1, 0.15) is 0 Å². The van der Waals surface area contributed by atoms with Gasteiger partial charge >= 0.3 is 0 Å². The van der Waals surface area contributed by atoms with Crippen molar-refractivity contribution < 1.29 is 4.79 Å².